The average Bonchev–Trinajstić information content (AvgIpc) is 3.21. The van der Waals surface area contributed by atoms with Crippen LogP contribution in [0.4, 0.5) is 0 Å². The molecular weight excluding hydrogens is 464 g/mol. The third-order valence-electron chi connectivity index (χ3n) is 6.86. The molecule has 0 aliphatic heterocycles. The van der Waals surface area contributed by atoms with E-state index < -0.39 is 0 Å². The van der Waals surface area contributed by atoms with Gasteiger partial charge in [-0.05, 0) is 76.4 Å². The van der Waals surface area contributed by atoms with E-state index in [2.05, 4.69) is 131 Å². The van der Waals surface area contributed by atoms with Gasteiger partial charge in [-0.2, -0.15) is 0 Å². The smallest absolute Gasteiger partial charge is 0.0339 e. The van der Waals surface area contributed by atoms with Crippen molar-refractivity contribution in [2.45, 2.75) is 0 Å². The molecule has 0 aromatic heterocycles. The van der Waals surface area contributed by atoms with Gasteiger partial charge in [0.05, 0.1) is 0 Å². The first-order valence-electron chi connectivity index (χ1n) is 11.2. The Balaban J connectivity index is 1.75. The van der Waals surface area contributed by atoms with Crippen molar-refractivity contribution in [1.82, 2.24) is 0 Å². The number of benzene rings is 6. The van der Waals surface area contributed by atoms with Crippen LogP contribution in [0.3, 0.4) is 0 Å². The molecular formula is C32H19Br. The summed E-state index contributed by atoms with van der Waals surface area (Å²) < 4.78 is 1.16. The third kappa shape index (κ3) is 2.63. The Hall–Kier alpha value is -3.68. The van der Waals surface area contributed by atoms with Crippen LogP contribution < -0.4 is 0 Å². The van der Waals surface area contributed by atoms with E-state index >= 15 is 0 Å². The van der Waals surface area contributed by atoms with Gasteiger partial charge in [-0.15, -0.1) is 0 Å². The van der Waals surface area contributed by atoms with Crippen molar-refractivity contribution < 1.29 is 0 Å². The molecule has 0 saturated heterocycles. The van der Waals surface area contributed by atoms with Gasteiger partial charge in [0, 0.05) is 10.0 Å². The van der Waals surface area contributed by atoms with Crippen molar-refractivity contribution in [3.63, 3.8) is 0 Å². The van der Waals surface area contributed by atoms with Crippen LogP contribution in [0.25, 0.3) is 66.1 Å². The standard InChI is InChI=1S/C32H19Br/c33-32-26-19-9-16-23(20-10-3-1-4-11-20)29(26)31-25-18-8-15-21-14-7-17-24(27(21)25)30(31)28(32)22-12-5-2-6-13-22/h1-19H. The molecule has 0 bridgehead atoms. The number of rotatable bonds is 2. The number of halogens is 1. The van der Waals surface area contributed by atoms with Crippen LogP contribution >= 0.6 is 15.9 Å². The molecule has 0 heterocycles. The second-order valence-electron chi connectivity index (χ2n) is 8.61. The topological polar surface area (TPSA) is 0 Å². The zero-order valence-corrected chi connectivity index (χ0v) is 19.4. The molecule has 6 aromatic rings. The lowest BCUT2D eigenvalue weighted by Crippen LogP contribution is -1.92. The molecule has 0 fully saturated rings. The van der Waals surface area contributed by atoms with Gasteiger partial charge in [-0.3, -0.25) is 0 Å². The van der Waals surface area contributed by atoms with Gasteiger partial charge in [0.15, 0.2) is 0 Å². The second kappa shape index (κ2) is 7.16. The molecule has 154 valence electrons. The van der Waals surface area contributed by atoms with E-state index in [0.29, 0.717) is 0 Å². The fourth-order valence-electron chi connectivity index (χ4n) is 5.53. The highest BCUT2D eigenvalue weighted by atomic mass is 79.9. The molecule has 1 aliphatic carbocycles. The minimum Gasteiger partial charge on any atom is -0.0622 e. The Labute approximate surface area is 201 Å². The largest absolute Gasteiger partial charge is 0.0622 e. The molecule has 1 aliphatic rings. The van der Waals surface area contributed by atoms with Gasteiger partial charge in [0.1, 0.15) is 0 Å². The highest BCUT2D eigenvalue weighted by Gasteiger charge is 2.30. The maximum absolute atomic E-state index is 4.07. The molecule has 0 nitrogen and oxygen atoms in total. The van der Waals surface area contributed by atoms with Crippen LogP contribution in [-0.2, 0) is 0 Å². The quantitative estimate of drug-likeness (QED) is 0.230. The van der Waals surface area contributed by atoms with E-state index in [4.69, 9.17) is 0 Å². The Kier molecular flexibility index (Phi) is 4.09. The van der Waals surface area contributed by atoms with Crippen LogP contribution in [0.1, 0.15) is 0 Å². The monoisotopic (exact) mass is 482 g/mol. The first-order chi connectivity index (χ1) is 16.3. The zero-order valence-electron chi connectivity index (χ0n) is 17.8. The normalized spacial score (nSPS) is 11.8. The van der Waals surface area contributed by atoms with Crippen LogP contribution in [-0.4, -0.2) is 0 Å². The minimum atomic E-state index is 1.16. The van der Waals surface area contributed by atoms with E-state index in [-0.39, 0.29) is 0 Å². The van der Waals surface area contributed by atoms with E-state index in [1.807, 2.05) is 0 Å². The lowest BCUT2D eigenvalue weighted by Gasteiger charge is -2.19. The average molecular weight is 483 g/mol. The first-order valence-corrected chi connectivity index (χ1v) is 12.0. The lowest BCUT2D eigenvalue weighted by atomic mass is 9.86. The summed E-state index contributed by atoms with van der Waals surface area (Å²) in [4.78, 5) is 0. The Morgan fingerprint density at radius 2 is 0.970 bits per heavy atom. The SMILES string of the molecule is Brc1c(-c2ccccc2)c2c(c3c(-c4ccccc4)cccc13)-c1cccc3cccc-2c13. The predicted molar refractivity (Wildman–Crippen MR) is 144 cm³/mol. The summed E-state index contributed by atoms with van der Waals surface area (Å²) in [5.41, 5.74) is 10.3. The highest BCUT2D eigenvalue weighted by Crippen LogP contribution is 2.57. The lowest BCUT2D eigenvalue weighted by molar-refractivity contribution is 1.60. The minimum absolute atomic E-state index is 1.16. The highest BCUT2D eigenvalue weighted by molar-refractivity contribution is 9.10. The molecule has 1 heteroatoms. The number of hydrogen-bond acceptors (Lipinski definition) is 0. The Morgan fingerprint density at radius 3 is 1.67 bits per heavy atom. The molecule has 0 spiro atoms. The fourth-order valence-corrected chi connectivity index (χ4v) is 6.29. The molecule has 0 atom stereocenters. The van der Waals surface area contributed by atoms with Gasteiger partial charge in [0.25, 0.3) is 0 Å². The summed E-state index contributed by atoms with van der Waals surface area (Å²) in [5, 5.41) is 5.21. The maximum atomic E-state index is 4.07. The predicted octanol–water partition coefficient (Wildman–Crippen LogP) is 9.74. The molecule has 0 N–H and O–H groups in total. The van der Waals surface area contributed by atoms with Crippen molar-refractivity contribution in [3.05, 3.63) is 120 Å². The number of fused-ring (bicyclic) bond motifs is 5. The molecule has 0 saturated carbocycles. The van der Waals surface area contributed by atoms with Crippen molar-refractivity contribution in [3.8, 4) is 44.5 Å². The summed E-state index contributed by atoms with van der Waals surface area (Å²) in [5.74, 6) is 0. The molecule has 0 unspecified atom stereocenters. The summed E-state index contributed by atoms with van der Waals surface area (Å²) in [6.07, 6.45) is 0. The van der Waals surface area contributed by atoms with Crippen molar-refractivity contribution >= 4 is 37.5 Å². The zero-order chi connectivity index (χ0) is 21.9. The second-order valence-corrected chi connectivity index (χ2v) is 9.40. The Morgan fingerprint density at radius 1 is 0.394 bits per heavy atom. The van der Waals surface area contributed by atoms with Crippen LogP contribution in [0.15, 0.2) is 120 Å². The Bertz CT molecular complexity index is 1690. The maximum Gasteiger partial charge on any atom is 0.0339 e. The molecule has 0 radical (unpaired) electrons. The first kappa shape index (κ1) is 18.8. The molecule has 6 aromatic carbocycles. The van der Waals surface area contributed by atoms with E-state index in [9.17, 15) is 0 Å². The van der Waals surface area contributed by atoms with Crippen molar-refractivity contribution in [2.24, 2.45) is 0 Å². The van der Waals surface area contributed by atoms with Crippen molar-refractivity contribution in [2.75, 3.05) is 0 Å². The fraction of sp³-hybridized carbons (Fsp3) is 0. The number of hydrogen-bond donors (Lipinski definition) is 0. The van der Waals surface area contributed by atoms with Gasteiger partial charge in [0.2, 0.25) is 0 Å². The molecule has 7 rings (SSSR count). The van der Waals surface area contributed by atoms with Gasteiger partial charge in [-0.1, -0.05) is 115 Å². The van der Waals surface area contributed by atoms with Gasteiger partial charge in [-0.25, -0.2) is 0 Å². The summed E-state index contributed by atoms with van der Waals surface area (Å²) in [7, 11) is 0. The van der Waals surface area contributed by atoms with Crippen LogP contribution in [0, 0.1) is 0 Å². The summed E-state index contributed by atoms with van der Waals surface area (Å²) in [6.45, 7) is 0. The summed E-state index contributed by atoms with van der Waals surface area (Å²) in [6, 6.07) is 41.6. The van der Waals surface area contributed by atoms with Crippen LogP contribution in [0.2, 0.25) is 0 Å². The van der Waals surface area contributed by atoms with Gasteiger partial charge >= 0.3 is 0 Å². The summed E-state index contributed by atoms with van der Waals surface area (Å²) >= 11 is 4.07. The van der Waals surface area contributed by atoms with Crippen molar-refractivity contribution in [1.29, 1.82) is 0 Å². The molecule has 33 heavy (non-hydrogen) atoms. The van der Waals surface area contributed by atoms with E-state index in [0.717, 1.165) is 4.47 Å². The van der Waals surface area contributed by atoms with E-state index in [1.54, 1.807) is 0 Å². The van der Waals surface area contributed by atoms with Crippen LogP contribution in [0.5, 0.6) is 0 Å². The van der Waals surface area contributed by atoms with E-state index in [1.165, 1.54) is 66.1 Å². The third-order valence-corrected chi connectivity index (χ3v) is 7.68. The molecule has 0 amide bonds. The van der Waals surface area contributed by atoms with Gasteiger partial charge < -0.3 is 0 Å².